The molecule has 0 amide bonds. The molecule has 1 aromatic rings. The fourth-order valence-corrected chi connectivity index (χ4v) is 2.74. The highest BCUT2D eigenvalue weighted by atomic mass is 79.9. The Bertz CT molecular complexity index is 376. The molecule has 1 aromatic carbocycles. The van der Waals surface area contributed by atoms with Crippen LogP contribution in [0.2, 0.25) is 0 Å². The molecule has 1 aliphatic heterocycles. The molecule has 1 unspecified atom stereocenters. The summed E-state index contributed by atoms with van der Waals surface area (Å²) in [6, 6.07) is 7.29. The van der Waals surface area contributed by atoms with Gasteiger partial charge in [-0.25, -0.2) is 0 Å². The number of aryl methyl sites for hydroxylation is 1. The van der Waals surface area contributed by atoms with Gasteiger partial charge in [-0.05, 0) is 50.1 Å². The number of nitrogens with zero attached hydrogens (tertiary/aromatic N) is 1. The molecule has 0 saturated carbocycles. The molecule has 0 radical (unpaired) electrons. The number of rotatable bonds is 3. The Labute approximate surface area is 113 Å². The van der Waals surface area contributed by atoms with Gasteiger partial charge < -0.3 is 10.2 Å². The fraction of sp³-hybridized carbons (Fsp3) is 0.571. The summed E-state index contributed by atoms with van der Waals surface area (Å²) in [6.45, 7) is 7.72. The van der Waals surface area contributed by atoms with Crippen molar-refractivity contribution in [1.29, 1.82) is 0 Å². The lowest BCUT2D eigenvalue weighted by molar-refractivity contribution is 0.431. The molecule has 2 rings (SSSR count). The fourth-order valence-electron chi connectivity index (χ4n) is 2.49. The van der Waals surface area contributed by atoms with Crippen molar-refractivity contribution in [2.45, 2.75) is 32.7 Å². The molecule has 1 atom stereocenters. The molecule has 0 aromatic heterocycles. The zero-order valence-corrected chi connectivity index (χ0v) is 12.3. The van der Waals surface area contributed by atoms with Crippen LogP contribution in [0.15, 0.2) is 22.7 Å². The van der Waals surface area contributed by atoms with Gasteiger partial charge in [0, 0.05) is 29.3 Å². The van der Waals surface area contributed by atoms with Crippen LogP contribution in [0.5, 0.6) is 0 Å². The summed E-state index contributed by atoms with van der Waals surface area (Å²) >= 11 is 3.56. The van der Waals surface area contributed by atoms with Gasteiger partial charge in [-0.2, -0.15) is 0 Å². The molecule has 1 saturated heterocycles. The number of likely N-dealkylation sites (N-methyl/N-ethyl adjacent to an activating group) is 1. The maximum atomic E-state index is 3.56. The maximum Gasteiger partial charge on any atom is 0.0370 e. The van der Waals surface area contributed by atoms with Crippen molar-refractivity contribution < 1.29 is 0 Å². The summed E-state index contributed by atoms with van der Waals surface area (Å²) in [4.78, 5) is 2.50. The van der Waals surface area contributed by atoms with E-state index in [9.17, 15) is 0 Å². The Morgan fingerprint density at radius 2 is 2.29 bits per heavy atom. The van der Waals surface area contributed by atoms with Gasteiger partial charge in [0.2, 0.25) is 0 Å². The molecule has 0 bridgehead atoms. The first-order valence-electron chi connectivity index (χ1n) is 6.45. The zero-order chi connectivity index (χ0) is 12.3. The van der Waals surface area contributed by atoms with E-state index in [4.69, 9.17) is 0 Å². The van der Waals surface area contributed by atoms with E-state index < -0.39 is 0 Å². The van der Waals surface area contributed by atoms with Crippen molar-refractivity contribution in [3.63, 3.8) is 0 Å². The second kappa shape index (κ2) is 5.87. The summed E-state index contributed by atoms with van der Waals surface area (Å²) in [6.07, 6.45) is 2.59. The van der Waals surface area contributed by atoms with Gasteiger partial charge in [0.25, 0.3) is 0 Å². The van der Waals surface area contributed by atoms with Crippen LogP contribution < -0.4 is 10.2 Å². The number of hydrogen-bond acceptors (Lipinski definition) is 2. The monoisotopic (exact) mass is 296 g/mol. The summed E-state index contributed by atoms with van der Waals surface area (Å²) < 4.78 is 1.20. The zero-order valence-electron chi connectivity index (χ0n) is 10.7. The number of anilines is 1. The molecule has 3 heteroatoms. The Balaban J connectivity index is 2.08. The molecule has 1 N–H and O–H groups in total. The van der Waals surface area contributed by atoms with Crippen molar-refractivity contribution in [1.82, 2.24) is 5.32 Å². The third kappa shape index (κ3) is 3.23. The van der Waals surface area contributed by atoms with Crippen molar-refractivity contribution in [3.8, 4) is 0 Å². The van der Waals surface area contributed by atoms with Crippen molar-refractivity contribution >= 4 is 21.6 Å². The predicted molar refractivity (Wildman–Crippen MR) is 77.8 cm³/mol. The highest BCUT2D eigenvalue weighted by Gasteiger charge is 2.19. The van der Waals surface area contributed by atoms with E-state index in [2.05, 4.69) is 58.2 Å². The molecule has 1 aliphatic rings. The van der Waals surface area contributed by atoms with Crippen molar-refractivity contribution in [2.75, 3.05) is 24.5 Å². The first-order chi connectivity index (χ1) is 8.20. The molecule has 2 nitrogen and oxygen atoms in total. The van der Waals surface area contributed by atoms with Crippen LogP contribution in [0.1, 0.15) is 25.3 Å². The van der Waals surface area contributed by atoms with E-state index in [-0.39, 0.29) is 0 Å². The van der Waals surface area contributed by atoms with E-state index in [1.165, 1.54) is 35.1 Å². The maximum absolute atomic E-state index is 3.56. The van der Waals surface area contributed by atoms with Crippen LogP contribution in [0.3, 0.4) is 0 Å². The highest BCUT2D eigenvalue weighted by Crippen LogP contribution is 2.25. The summed E-state index contributed by atoms with van der Waals surface area (Å²) in [5.41, 5.74) is 2.67. The lowest BCUT2D eigenvalue weighted by atomic mass is 10.0. The number of piperidine rings is 1. The van der Waals surface area contributed by atoms with Crippen LogP contribution in [0.25, 0.3) is 0 Å². The third-order valence-electron chi connectivity index (χ3n) is 3.42. The van der Waals surface area contributed by atoms with Crippen LogP contribution >= 0.6 is 15.9 Å². The Hall–Kier alpha value is -0.540. The highest BCUT2D eigenvalue weighted by molar-refractivity contribution is 9.10. The second-order valence-electron chi connectivity index (χ2n) is 4.78. The van der Waals surface area contributed by atoms with E-state index >= 15 is 0 Å². The van der Waals surface area contributed by atoms with Gasteiger partial charge in [0.1, 0.15) is 0 Å². The van der Waals surface area contributed by atoms with Gasteiger partial charge in [0.05, 0.1) is 0 Å². The molecule has 0 aliphatic carbocycles. The number of benzene rings is 1. The number of halogens is 1. The van der Waals surface area contributed by atoms with Crippen LogP contribution in [-0.2, 0) is 0 Å². The topological polar surface area (TPSA) is 15.3 Å². The quantitative estimate of drug-likeness (QED) is 0.920. The number of hydrogen-bond donors (Lipinski definition) is 1. The molecule has 17 heavy (non-hydrogen) atoms. The average Bonchev–Trinajstić information content (AvgIpc) is 2.33. The first kappa shape index (κ1) is 12.9. The standard InChI is InChI=1S/C14H21BrN2/c1-3-16-12-5-4-8-17(10-12)13-6-7-14(15)11(2)9-13/h6-7,9,12,16H,3-5,8,10H2,1-2H3. The van der Waals surface area contributed by atoms with E-state index in [1.54, 1.807) is 0 Å². The van der Waals surface area contributed by atoms with Crippen LogP contribution in [-0.4, -0.2) is 25.7 Å². The second-order valence-corrected chi connectivity index (χ2v) is 5.63. The van der Waals surface area contributed by atoms with Gasteiger partial charge in [-0.3, -0.25) is 0 Å². The summed E-state index contributed by atoms with van der Waals surface area (Å²) in [5, 5.41) is 3.56. The molecule has 1 heterocycles. The SMILES string of the molecule is CCNC1CCCN(c2ccc(Br)c(C)c2)C1. The summed E-state index contributed by atoms with van der Waals surface area (Å²) in [5.74, 6) is 0. The minimum Gasteiger partial charge on any atom is -0.370 e. The largest absolute Gasteiger partial charge is 0.370 e. The lowest BCUT2D eigenvalue weighted by Gasteiger charge is -2.35. The van der Waals surface area contributed by atoms with Gasteiger partial charge in [-0.1, -0.05) is 22.9 Å². The van der Waals surface area contributed by atoms with Crippen LogP contribution in [0, 0.1) is 6.92 Å². The minimum atomic E-state index is 0.651. The Morgan fingerprint density at radius 3 is 3.00 bits per heavy atom. The van der Waals surface area contributed by atoms with Crippen LogP contribution in [0.4, 0.5) is 5.69 Å². The summed E-state index contributed by atoms with van der Waals surface area (Å²) in [7, 11) is 0. The smallest absolute Gasteiger partial charge is 0.0370 e. The molecular weight excluding hydrogens is 276 g/mol. The molecule has 1 fully saturated rings. The van der Waals surface area contributed by atoms with Crippen molar-refractivity contribution in [3.05, 3.63) is 28.2 Å². The van der Waals surface area contributed by atoms with Crippen molar-refractivity contribution in [2.24, 2.45) is 0 Å². The molecular formula is C14H21BrN2. The van der Waals surface area contributed by atoms with Gasteiger partial charge in [0.15, 0.2) is 0 Å². The predicted octanol–water partition coefficient (Wildman–Crippen LogP) is 3.34. The molecule has 0 spiro atoms. The number of nitrogens with one attached hydrogen (secondary N) is 1. The lowest BCUT2D eigenvalue weighted by Crippen LogP contribution is -2.45. The molecule has 94 valence electrons. The Kier molecular flexibility index (Phi) is 4.46. The Morgan fingerprint density at radius 1 is 1.47 bits per heavy atom. The van der Waals surface area contributed by atoms with Gasteiger partial charge >= 0.3 is 0 Å². The third-order valence-corrected chi connectivity index (χ3v) is 4.31. The first-order valence-corrected chi connectivity index (χ1v) is 7.24. The van der Waals surface area contributed by atoms with Gasteiger partial charge in [-0.15, -0.1) is 0 Å². The van der Waals surface area contributed by atoms with E-state index in [1.807, 2.05) is 0 Å². The van der Waals surface area contributed by atoms with E-state index in [0.717, 1.165) is 13.1 Å². The average molecular weight is 297 g/mol. The minimum absolute atomic E-state index is 0.651. The van der Waals surface area contributed by atoms with E-state index in [0.29, 0.717) is 6.04 Å². The normalized spacial score (nSPS) is 20.6.